The van der Waals surface area contributed by atoms with Gasteiger partial charge in [-0.2, -0.15) is 0 Å². The Morgan fingerprint density at radius 3 is 2.68 bits per heavy atom. The minimum atomic E-state index is -0.399. The molecule has 4 nitrogen and oxygen atoms in total. The van der Waals surface area contributed by atoms with Crippen molar-refractivity contribution in [2.45, 2.75) is 51.2 Å². The lowest BCUT2D eigenvalue weighted by molar-refractivity contribution is -0.120. The van der Waals surface area contributed by atoms with E-state index in [0.29, 0.717) is 0 Å². The van der Waals surface area contributed by atoms with E-state index in [9.17, 15) is 4.79 Å². The average molecular weight is 260 g/mol. The molecule has 0 saturated heterocycles. The number of hydrogen-bond donors (Lipinski definition) is 2. The molecule has 102 valence electrons. The predicted molar refractivity (Wildman–Crippen MR) is 75.7 cm³/mol. The fraction of sp³-hybridized carbons (Fsp3) is 0.533. The van der Waals surface area contributed by atoms with Gasteiger partial charge in [-0.05, 0) is 38.8 Å². The standard InChI is InChI=1S/C15H20N2O2/c1-10(2)19-12-7-5-6-11-13(12)16-14(18)15(17-11)8-3-4-9-15/h5-7,10,17H,3-4,8-9H2,1-2H3,(H,16,18). The monoisotopic (exact) mass is 260 g/mol. The number of benzene rings is 1. The van der Waals surface area contributed by atoms with Crippen molar-refractivity contribution in [2.75, 3.05) is 10.6 Å². The first-order valence-electron chi connectivity index (χ1n) is 7.00. The molecule has 0 bridgehead atoms. The van der Waals surface area contributed by atoms with E-state index in [1.165, 1.54) is 0 Å². The summed E-state index contributed by atoms with van der Waals surface area (Å²) in [6.45, 7) is 3.96. The van der Waals surface area contributed by atoms with Crippen molar-refractivity contribution >= 4 is 17.3 Å². The van der Waals surface area contributed by atoms with Gasteiger partial charge in [0.25, 0.3) is 0 Å². The zero-order valence-electron chi connectivity index (χ0n) is 11.5. The van der Waals surface area contributed by atoms with Gasteiger partial charge in [0.15, 0.2) is 0 Å². The number of hydrogen-bond acceptors (Lipinski definition) is 3. The van der Waals surface area contributed by atoms with Gasteiger partial charge in [0, 0.05) is 0 Å². The highest BCUT2D eigenvalue weighted by Crippen LogP contribution is 2.43. The highest BCUT2D eigenvalue weighted by Gasteiger charge is 2.44. The SMILES string of the molecule is CC(C)Oc1cccc2c1NC(=O)C1(CCCC1)N2. The molecule has 4 heteroatoms. The van der Waals surface area contributed by atoms with E-state index in [1.54, 1.807) is 0 Å². The fourth-order valence-corrected chi connectivity index (χ4v) is 2.99. The molecule has 1 aromatic rings. The summed E-state index contributed by atoms with van der Waals surface area (Å²) in [4.78, 5) is 12.4. The summed E-state index contributed by atoms with van der Waals surface area (Å²) in [7, 11) is 0. The molecule has 2 N–H and O–H groups in total. The molecule has 0 aromatic heterocycles. The number of fused-ring (bicyclic) bond motifs is 1. The highest BCUT2D eigenvalue weighted by atomic mass is 16.5. The number of para-hydroxylation sites is 1. The van der Waals surface area contributed by atoms with Crippen LogP contribution in [0.15, 0.2) is 18.2 Å². The van der Waals surface area contributed by atoms with Crippen molar-refractivity contribution in [3.63, 3.8) is 0 Å². The summed E-state index contributed by atoms with van der Waals surface area (Å²) in [5, 5.41) is 6.48. The molecule has 1 aromatic carbocycles. The molecule has 0 unspecified atom stereocenters. The first-order chi connectivity index (χ1) is 9.11. The van der Waals surface area contributed by atoms with Crippen LogP contribution >= 0.6 is 0 Å². The molecule has 1 saturated carbocycles. The minimum Gasteiger partial charge on any atom is -0.489 e. The van der Waals surface area contributed by atoms with Gasteiger partial charge in [0.2, 0.25) is 5.91 Å². The van der Waals surface area contributed by atoms with Crippen molar-refractivity contribution in [2.24, 2.45) is 0 Å². The molecule has 0 radical (unpaired) electrons. The number of anilines is 2. The summed E-state index contributed by atoms with van der Waals surface area (Å²) < 4.78 is 5.76. The number of amides is 1. The third kappa shape index (κ3) is 2.05. The summed E-state index contributed by atoms with van der Waals surface area (Å²) in [5.74, 6) is 0.818. The summed E-state index contributed by atoms with van der Waals surface area (Å²) in [6.07, 6.45) is 4.13. The molecule has 2 aliphatic rings. The van der Waals surface area contributed by atoms with E-state index in [-0.39, 0.29) is 12.0 Å². The number of rotatable bonds is 2. The van der Waals surface area contributed by atoms with Crippen LogP contribution in [-0.4, -0.2) is 17.6 Å². The normalized spacial score (nSPS) is 20.1. The second-order valence-electron chi connectivity index (χ2n) is 5.71. The highest BCUT2D eigenvalue weighted by molar-refractivity contribution is 6.07. The second kappa shape index (κ2) is 4.44. The molecule has 3 rings (SSSR count). The van der Waals surface area contributed by atoms with Crippen LogP contribution in [0.1, 0.15) is 39.5 Å². The van der Waals surface area contributed by atoms with Crippen LogP contribution in [0.4, 0.5) is 11.4 Å². The van der Waals surface area contributed by atoms with Gasteiger partial charge in [-0.1, -0.05) is 18.9 Å². The Morgan fingerprint density at radius 2 is 2.00 bits per heavy atom. The summed E-state index contributed by atoms with van der Waals surface area (Å²) in [6, 6.07) is 5.86. The average Bonchev–Trinajstić information content (AvgIpc) is 2.81. The predicted octanol–water partition coefficient (Wildman–Crippen LogP) is 3.15. The van der Waals surface area contributed by atoms with Gasteiger partial charge >= 0.3 is 0 Å². The number of carbonyl (C=O) groups is 1. The van der Waals surface area contributed by atoms with Crippen LogP contribution in [0.3, 0.4) is 0 Å². The molecule has 1 aliphatic heterocycles. The minimum absolute atomic E-state index is 0.0808. The quantitative estimate of drug-likeness (QED) is 0.858. The van der Waals surface area contributed by atoms with E-state index in [2.05, 4.69) is 10.6 Å². The molecule has 1 heterocycles. The Hall–Kier alpha value is -1.71. The zero-order valence-corrected chi connectivity index (χ0v) is 11.5. The molecule has 1 fully saturated rings. The molecule has 19 heavy (non-hydrogen) atoms. The number of nitrogens with one attached hydrogen (secondary N) is 2. The largest absolute Gasteiger partial charge is 0.489 e. The Labute approximate surface area is 113 Å². The van der Waals surface area contributed by atoms with Gasteiger partial charge in [-0.25, -0.2) is 0 Å². The van der Waals surface area contributed by atoms with Crippen LogP contribution in [0.2, 0.25) is 0 Å². The van der Waals surface area contributed by atoms with Crippen molar-refractivity contribution in [3.05, 3.63) is 18.2 Å². The molecule has 0 atom stereocenters. The van der Waals surface area contributed by atoms with E-state index in [1.807, 2.05) is 32.0 Å². The van der Waals surface area contributed by atoms with Gasteiger partial charge < -0.3 is 15.4 Å². The molecule has 1 spiro atoms. The first-order valence-corrected chi connectivity index (χ1v) is 7.00. The molecular weight excluding hydrogens is 240 g/mol. The van der Waals surface area contributed by atoms with Crippen molar-refractivity contribution in [3.8, 4) is 5.75 Å². The Morgan fingerprint density at radius 1 is 1.26 bits per heavy atom. The Kier molecular flexibility index (Phi) is 2.88. The number of ether oxygens (including phenoxy) is 1. The van der Waals surface area contributed by atoms with Crippen molar-refractivity contribution in [1.29, 1.82) is 0 Å². The van der Waals surface area contributed by atoms with Crippen LogP contribution in [0, 0.1) is 0 Å². The summed E-state index contributed by atoms with van der Waals surface area (Å²) in [5.41, 5.74) is 1.35. The molecule has 1 aliphatic carbocycles. The van der Waals surface area contributed by atoms with Crippen molar-refractivity contribution < 1.29 is 9.53 Å². The topological polar surface area (TPSA) is 50.4 Å². The van der Waals surface area contributed by atoms with E-state index in [4.69, 9.17) is 4.74 Å². The zero-order chi connectivity index (χ0) is 13.5. The molecule has 1 amide bonds. The first kappa shape index (κ1) is 12.3. The lowest BCUT2D eigenvalue weighted by Gasteiger charge is -2.36. The third-order valence-corrected chi connectivity index (χ3v) is 3.89. The van der Waals surface area contributed by atoms with Crippen LogP contribution < -0.4 is 15.4 Å². The van der Waals surface area contributed by atoms with Crippen molar-refractivity contribution in [1.82, 2.24) is 0 Å². The maximum Gasteiger partial charge on any atom is 0.250 e. The van der Waals surface area contributed by atoms with E-state index >= 15 is 0 Å². The van der Waals surface area contributed by atoms with Gasteiger partial charge in [0.1, 0.15) is 17.0 Å². The van der Waals surface area contributed by atoms with Gasteiger partial charge in [0.05, 0.1) is 11.8 Å². The third-order valence-electron chi connectivity index (χ3n) is 3.89. The smallest absolute Gasteiger partial charge is 0.250 e. The maximum atomic E-state index is 12.4. The lowest BCUT2D eigenvalue weighted by Crippen LogP contribution is -2.50. The van der Waals surface area contributed by atoms with Crippen LogP contribution in [0.25, 0.3) is 0 Å². The Bertz CT molecular complexity index is 505. The Balaban J connectivity index is 1.96. The lowest BCUT2D eigenvalue weighted by atomic mass is 9.93. The van der Waals surface area contributed by atoms with Gasteiger partial charge in [-0.15, -0.1) is 0 Å². The maximum absolute atomic E-state index is 12.4. The van der Waals surface area contributed by atoms with Gasteiger partial charge in [-0.3, -0.25) is 4.79 Å². The fourth-order valence-electron chi connectivity index (χ4n) is 2.99. The van der Waals surface area contributed by atoms with E-state index < -0.39 is 5.54 Å². The van der Waals surface area contributed by atoms with E-state index in [0.717, 1.165) is 42.8 Å². The number of carbonyl (C=O) groups excluding carboxylic acids is 1. The summed E-state index contributed by atoms with van der Waals surface area (Å²) >= 11 is 0. The van der Waals surface area contributed by atoms with Crippen LogP contribution in [-0.2, 0) is 4.79 Å². The second-order valence-corrected chi connectivity index (χ2v) is 5.71. The molecular formula is C15H20N2O2. The van der Waals surface area contributed by atoms with Crippen LogP contribution in [0.5, 0.6) is 5.75 Å².